The summed E-state index contributed by atoms with van der Waals surface area (Å²) in [5.41, 5.74) is -0.133. The van der Waals surface area contributed by atoms with Crippen LogP contribution < -0.4 is 0 Å². The standard InChI is InChI=1S/C13H9FN2O3/c1-2-19-13(18)11(14)12(17)8-3-4-9(6-15)10(5-8)7-16/h3-5,11H,2H2,1H3. The van der Waals surface area contributed by atoms with Gasteiger partial charge in [0.2, 0.25) is 5.78 Å². The number of halogens is 1. The number of ketones is 1. The molecular weight excluding hydrogens is 251 g/mol. The summed E-state index contributed by atoms with van der Waals surface area (Å²) >= 11 is 0. The van der Waals surface area contributed by atoms with Gasteiger partial charge in [-0.15, -0.1) is 0 Å². The van der Waals surface area contributed by atoms with Crippen molar-refractivity contribution in [1.82, 2.24) is 0 Å². The number of Topliss-reactive ketones (excluding diaryl/α,β-unsaturated/α-hetero) is 1. The zero-order valence-corrected chi connectivity index (χ0v) is 10.0. The molecule has 0 saturated carbocycles. The molecule has 0 aromatic heterocycles. The van der Waals surface area contributed by atoms with Crippen molar-refractivity contribution in [3.8, 4) is 12.1 Å². The van der Waals surface area contributed by atoms with Gasteiger partial charge in [0.25, 0.3) is 6.17 Å². The number of hydrogen-bond donors (Lipinski definition) is 0. The summed E-state index contributed by atoms with van der Waals surface area (Å²) in [4.78, 5) is 22.8. The van der Waals surface area contributed by atoms with Gasteiger partial charge in [-0.1, -0.05) is 0 Å². The Kier molecular flexibility index (Phi) is 4.73. The minimum Gasteiger partial charge on any atom is -0.463 e. The van der Waals surface area contributed by atoms with Crippen LogP contribution in [0.3, 0.4) is 0 Å². The van der Waals surface area contributed by atoms with Gasteiger partial charge in [-0.05, 0) is 25.1 Å². The number of alkyl halides is 1. The number of carbonyl (C=O) groups excluding carboxylic acids is 2. The molecule has 0 N–H and O–H groups in total. The summed E-state index contributed by atoms with van der Waals surface area (Å²) in [5, 5.41) is 17.5. The molecule has 0 amide bonds. The van der Waals surface area contributed by atoms with Crippen molar-refractivity contribution in [2.45, 2.75) is 13.1 Å². The van der Waals surface area contributed by atoms with Gasteiger partial charge in [0, 0.05) is 5.56 Å². The number of ether oxygens (including phenoxy) is 1. The number of esters is 1. The molecule has 0 aliphatic carbocycles. The zero-order chi connectivity index (χ0) is 14.4. The van der Waals surface area contributed by atoms with Gasteiger partial charge in [0.05, 0.1) is 17.7 Å². The first-order chi connectivity index (χ1) is 9.04. The number of nitriles is 2. The molecule has 0 aliphatic heterocycles. The maximum Gasteiger partial charge on any atom is 0.348 e. The second-order valence-electron chi connectivity index (χ2n) is 3.46. The molecule has 19 heavy (non-hydrogen) atoms. The highest BCUT2D eigenvalue weighted by molar-refractivity contribution is 6.11. The Hall–Kier alpha value is -2.73. The van der Waals surface area contributed by atoms with E-state index in [4.69, 9.17) is 10.5 Å². The van der Waals surface area contributed by atoms with E-state index in [1.807, 2.05) is 0 Å². The van der Waals surface area contributed by atoms with E-state index in [1.165, 1.54) is 19.1 Å². The first-order valence-electron chi connectivity index (χ1n) is 5.34. The predicted molar refractivity (Wildman–Crippen MR) is 61.7 cm³/mol. The molecule has 1 aromatic carbocycles. The molecule has 6 heteroatoms. The number of rotatable bonds is 4. The van der Waals surface area contributed by atoms with E-state index in [-0.39, 0.29) is 23.3 Å². The Morgan fingerprint density at radius 2 is 1.95 bits per heavy atom. The minimum absolute atomic E-state index is 0.0383. The highest BCUT2D eigenvalue weighted by atomic mass is 19.1. The third-order valence-electron chi connectivity index (χ3n) is 2.27. The van der Waals surface area contributed by atoms with Crippen molar-refractivity contribution in [2.24, 2.45) is 0 Å². The lowest BCUT2D eigenvalue weighted by molar-refractivity contribution is -0.147. The lowest BCUT2D eigenvalue weighted by atomic mass is 10.0. The van der Waals surface area contributed by atoms with Crippen LogP contribution in [0.1, 0.15) is 28.4 Å². The van der Waals surface area contributed by atoms with Gasteiger partial charge in [-0.25, -0.2) is 9.18 Å². The number of benzene rings is 1. The fourth-order valence-electron chi connectivity index (χ4n) is 1.36. The summed E-state index contributed by atoms with van der Waals surface area (Å²) in [7, 11) is 0. The van der Waals surface area contributed by atoms with E-state index in [0.29, 0.717) is 0 Å². The molecular formula is C13H9FN2O3. The van der Waals surface area contributed by atoms with E-state index in [9.17, 15) is 14.0 Å². The average molecular weight is 260 g/mol. The van der Waals surface area contributed by atoms with Crippen LogP contribution in [0.5, 0.6) is 0 Å². The molecule has 1 unspecified atom stereocenters. The number of carbonyl (C=O) groups is 2. The van der Waals surface area contributed by atoms with Crippen LogP contribution >= 0.6 is 0 Å². The van der Waals surface area contributed by atoms with Crippen LogP contribution in [0.2, 0.25) is 0 Å². The predicted octanol–water partition coefficient (Wildman–Crippen LogP) is 1.51. The third kappa shape index (κ3) is 3.14. The van der Waals surface area contributed by atoms with Gasteiger partial charge in [-0.3, -0.25) is 4.79 Å². The molecule has 0 fully saturated rings. The molecule has 0 radical (unpaired) electrons. The zero-order valence-electron chi connectivity index (χ0n) is 10.0. The summed E-state index contributed by atoms with van der Waals surface area (Å²) in [6, 6.07) is 6.98. The molecule has 0 aliphatic rings. The minimum atomic E-state index is -2.43. The van der Waals surface area contributed by atoms with Gasteiger partial charge in [-0.2, -0.15) is 10.5 Å². The Balaban J connectivity index is 3.05. The van der Waals surface area contributed by atoms with Crippen LogP contribution in [0, 0.1) is 22.7 Å². The largest absolute Gasteiger partial charge is 0.463 e. The molecule has 0 spiro atoms. The Bertz CT molecular complexity index is 599. The molecule has 96 valence electrons. The molecule has 1 rings (SSSR count). The van der Waals surface area contributed by atoms with Gasteiger partial charge >= 0.3 is 5.97 Å². The van der Waals surface area contributed by atoms with Crippen LogP contribution in [-0.4, -0.2) is 24.5 Å². The van der Waals surface area contributed by atoms with Crippen LogP contribution in [0.25, 0.3) is 0 Å². The van der Waals surface area contributed by atoms with Crippen molar-refractivity contribution >= 4 is 11.8 Å². The van der Waals surface area contributed by atoms with E-state index < -0.39 is 17.9 Å². The van der Waals surface area contributed by atoms with Gasteiger partial charge < -0.3 is 4.74 Å². The van der Waals surface area contributed by atoms with E-state index in [2.05, 4.69) is 4.74 Å². The summed E-state index contributed by atoms with van der Waals surface area (Å²) < 4.78 is 17.9. The lowest BCUT2D eigenvalue weighted by Crippen LogP contribution is -2.28. The van der Waals surface area contributed by atoms with Crippen LogP contribution in [-0.2, 0) is 9.53 Å². The topological polar surface area (TPSA) is 90.9 Å². The van der Waals surface area contributed by atoms with Gasteiger partial charge in [0.1, 0.15) is 12.1 Å². The fraction of sp³-hybridized carbons (Fsp3) is 0.231. The third-order valence-corrected chi connectivity index (χ3v) is 2.27. The maximum absolute atomic E-state index is 13.5. The van der Waals surface area contributed by atoms with Crippen molar-refractivity contribution < 1.29 is 18.7 Å². The van der Waals surface area contributed by atoms with Crippen molar-refractivity contribution in [2.75, 3.05) is 6.61 Å². The second kappa shape index (κ2) is 6.27. The molecule has 5 nitrogen and oxygen atoms in total. The summed E-state index contributed by atoms with van der Waals surface area (Å²) in [5.74, 6) is -2.37. The maximum atomic E-state index is 13.5. The fourth-order valence-corrected chi connectivity index (χ4v) is 1.36. The van der Waals surface area contributed by atoms with E-state index in [0.717, 1.165) is 6.07 Å². The van der Waals surface area contributed by atoms with Crippen LogP contribution in [0.15, 0.2) is 18.2 Å². The quantitative estimate of drug-likeness (QED) is 0.465. The van der Waals surface area contributed by atoms with Crippen molar-refractivity contribution in [1.29, 1.82) is 10.5 Å². The Morgan fingerprint density at radius 3 is 2.47 bits per heavy atom. The van der Waals surface area contributed by atoms with Crippen molar-refractivity contribution in [3.05, 3.63) is 34.9 Å². The molecule has 0 bridgehead atoms. The summed E-state index contributed by atoms with van der Waals surface area (Å²) in [6.07, 6.45) is -2.43. The Labute approximate surface area is 108 Å². The van der Waals surface area contributed by atoms with Crippen molar-refractivity contribution in [3.63, 3.8) is 0 Å². The van der Waals surface area contributed by atoms with E-state index >= 15 is 0 Å². The summed E-state index contributed by atoms with van der Waals surface area (Å²) in [6.45, 7) is 1.45. The Morgan fingerprint density at radius 1 is 1.32 bits per heavy atom. The number of hydrogen-bond acceptors (Lipinski definition) is 5. The van der Waals surface area contributed by atoms with Gasteiger partial charge in [0.15, 0.2) is 0 Å². The normalized spacial score (nSPS) is 10.9. The molecule has 0 saturated heterocycles. The molecule has 1 atom stereocenters. The SMILES string of the molecule is CCOC(=O)C(F)C(=O)c1ccc(C#N)c(C#N)c1. The monoisotopic (exact) mass is 260 g/mol. The first kappa shape index (κ1) is 14.3. The lowest BCUT2D eigenvalue weighted by Gasteiger charge is -2.07. The highest BCUT2D eigenvalue weighted by Crippen LogP contribution is 2.14. The molecule has 0 heterocycles. The highest BCUT2D eigenvalue weighted by Gasteiger charge is 2.28. The molecule has 1 aromatic rings. The number of nitrogens with zero attached hydrogens (tertiary/aromatic N) is 2. The smallest absolute Gasteiger partial charge is 0.348 e. The van der Waals surface area contributed by atoms with E-state index in [1.54, 1.807) is 12.1 Å². The second-order valence-corrected chi connectivity index (χ2v) is 3.46. The first-order valence-corrected chi connectivity index (χ1v) is 5.34. The van der Waals surface area contributed by atoms with Crippen LogP contribution in [0.4, 0.5) is 4.39 Å². The average Bonchev–Trinajstić information content (AvgIpc) is 2.45.